The van der Waals surface area contributed by atoms with Crippen LogP contribution in [0, 0.1) is 6.92 Å². The second-order valence-corrected chi connectivity index (χ2v) is 7.75. The lowest BCUT2D eigenvalue weighted by Gasteiger charge is -2.24. The molecule has 1 saturated heterocycles. The van der Waals surface area contributed by atoms with E-state index in [1.54, 1.807) is 18.0 Å². The SMILES string of the molecule is CSC.Cc1cc(N)cc2ncnc(Nc3cccnc3OC3CCCNC3)c12. The molecule has 1 unspecified atom stereocenters. The number of nitrogens with one attached hydrogen (secondary N) is 2. The highest BCUT2D eigenvalue weighted by atomic mass is 32.2. The number of piperidine rings is 1. The second kappa shape index (κ2) is 10.3. The lowest BCUT2D eigenvalue weighted by atomic mass is 10.1. The number of ether oxygens (including phenoxy) is 1. The molecular weight excluding hydrogens is 384 g/mol. The number of anilines is 3. The number of thioether (sulfide) groups is 1. The molecule has 0 aliphatic carbocycles. The molecule has 3 aromatic rings. The molecule has 7 nitrogen and oxygen atoms in total. The van der Waals surface area contributed by atoms with Crippen LogP contribution in [0.4, 0.5) is 17.2 Å². The van der Waals surface area contributed by atoms with E-state index in [2.05, 4.69) is 25.6 Å². The van der Waals surface area contributed by atoms with E-state index in [0.717, 1.165) is 48.1 Å². The standard InChI is InChI=1S/C19H22N6O.C2H6S/c1-12-8-13(20)9-16-17(12)18(24-11-23-16)25-15-5-3-7-22-19(15)26-14-4-2-6-21-10-14;1-3-2/h3,5,7-9,11,14,21H,2,4,6,10,20H2,1H3,(H,23,24,25);1-2H3. The first-order valence-electron chi connectivity index (χ1n) is 9.62. The van der Waals surface area contributed by atoms with Crippen molar-refractivity contribution in [3.8, 4) is 5.88 Å². The fraction of sp³-hybridized carbons (Fsp3) is 0.381. The zero-order chi connectivity index (χ0) is 20.6. The Morgan fingerprint density at radius 3 is 2.83 bits per heavy atom. The van der Waals surface area contributed by atoms with E-state index >= 15 is 0 Å². The van der Waals surface area contributed by atoms with Gasteiger partial charge in [-0.05, 0) is 68.7 Å². The van der Waals surface area contributed by atoms with E-state index in [9.17, 15) is 0 Å². The van der Waals surface area contributed by atoms with Crippen molar-refractivity contribution in [1.82, 2.24) is 20.3 Å². The fourth-order valence-corrected chi connectivity index (χ4v) is 3.30. The van der Waals surface area contributed by atoms with Crippen molar-refractivity contribution in [3.63, 3.8) is 0 Å². The van der Waals surface area contributed by atoms with Crippen molar-refractivity contribution >= 4 is 39.9 Å². The van der Waals surface area contributed by atoms with Gasteiger partial charge in [-0.25, -0.2) is 15.0 Å². The van der Waals surface area contributed by atoms with Crippen molar-refractivity contribution in [1.29, 1.82) is 0 Å². The Labute approximate surface area is 175 Å². The number of fused-ring (bicyclic) bond motifs is 1. The van der Waals surface area contributed by atoms with Crippen LogP contribution in [0.25, 0.3) is 10.9 Å². The third-order valence-corrected chi connectivity index (χ3v) is 4.51. The number of nitrogens with zero attached hydrogens (tertiary/aromatic N) is 3. The summed E-state index contributed by atoms with van der Waals surface area (Å²) < 4.78 is 6.12. The van der Waals surface area contributed by atoms with Gasteiger partial charge in [0.25, 0.3) is 0 Å². The number of hydrogen-bond donors (Lipinski definition) is 3. The zero-order valence-corrected chi connectivity index (χ0v) is 17.9. The quantitative estimate of drug-likeness (QED) is 0.557. The molecule has 0 radical (unpaired) electrons. The molecule has 1 aromatic carbocycles. The lowest BCUT2D eigenvalue weighted by Crippen LogP contribution is -2.37. The molecule has 1 aliphatic rings. The summed E-state index contributed by atoms with van der Waals surface area (Å²) in [5.74, 6) is 1.30. The molecule has 3 heterocycles. The molecule has 2 aromatic heterocycles. The molecule has 0 spiro atoms. The minimum Gasteiger partial charge on any atom is -0.472 e. The normalized spacial score (nSPS) is 16.0. The maximum atomic E-state index is 6.12. The van der Waals surface area contributed by atoms with E-state index in [1.807, 2.05) is 43.7 Å². The van der Waals surface area contributed by atoms with Crippen LogP contribution in [0.15, 0.2) is 36.8 Å². The lowest BCUT2D eigenvalue weighted by molar-refractivity contribution is 0.161. The molecule has 1 fully saturated rings. The molecule has 0 amide bonds. The first-order chi connectivity index (χ1) is 14.1. The summed E-state index contributed by atoms with van der Waals surface area (Å²) in [6.45, 7) is 3.88. The Hall–Kier alpha value is -2.58. The molecule has 4 rings (SSSR count). The Kier molecular flexibility index (Phi) is 7.48. The number of hydrogen-bond acceptors (Lipinski definition) is 8. The number of aryl methyl sites for hydroxylation is 1. The molecule has 0 saturated carbocycles. The third-order valence-electron chi connectivity index (χ3n) is 4.51. The fourth-order valence-electron chi connectivity index (χ4n) is 3.30. The molecular formula is C21H28N6OS. The Morgan fingerprint density at radius 1 is 1.24 bits per heavy atom. The highest BCUT2D eigenvalue weighted by molar-refractivity contribution is 7.97. The van der Waals surface area contributed by atoms with Gasteiger partial charge in [-0.15, -0.1) is 0 Å². The van der Waals surface area contributed by atoms with Crippen molar-refractivity contribution < 1.29 is 4.74 Å². The van der Waals surface area contributed by atoms with Gasteiger partial charge < -0.3 is 21.1 Å². The maximum absolute atomic E-state index is 6.12. The predicted molar refractivity (Wildman–Crippen MR) is 122 cm³/mol. The second-order valence-electron chi connectivity index (χ2n) is 6.93. The first-order valence-corrected chi connectivity index (χ1v) is 11.3. The summed E-state index contributed by atoms with van der Waals surface area (Å²) in [5, 5.41) is 7.66. The molecule has 4 N–H and O–H groups in total. The topological polar surface area (TPSA) is 98.0 Å². The Balaban J connectivity index is 0.000000755. The molecule has 1 aliphatic heterocycles. The Morgan fingerprint density at radius 2 is 2.07 bits per heavy atom. The van der Waals surface area contributed by atoms with Gasteiger partial charge in [0.2, 0.25) is 5.88 Å². The number of aromatic nitrogens is 3. The van der Waals surface area contributed by atoms with Crippen LogP contribution in [-0.2, 0) is 0 Å². The number of pyridine rings is 1. The number of benzene rings is 1. The van der Waals surface area contributed by atoms with E-state index in [1.165, 1.54) is 6.33 Å². The average Bonchev–Trinajstić information content (AvgIpc) is 2.70. The zero-order valence-electron chi connectivity index (χ0n) is 17.1. The minimum atomic E-state index is 0.128. The third kappa shape index (κ3) is 5.48. The van der Waals surface area contributed by atoms with Crippen LogP contribution in [0.5, 0.6) is 5.88 Å². The van der Waals surface area contributed by atoms with Gasteiger partial charge in [-0.3, -0.25) is 0 Å². The van der Waals surface area contributed by atoms with Crippen LogP contribution < -0.4 is 21.1 Å². The number of rotatable bonds is 4. The first kappa shape index (κ1) is 21.1. The Bertz CT molecular complexity index is 946. The van der Waals surface area contributed by atoms with Gasteiger partial charge in [0.05, 0.1) is 5.52 Å². The summed E-state index contributed by atoms with van der Waals surface area (Å²) in [6.07, 6.45) is 9.62. The summed E-state index contributed by atoms with van der Waals surface area (Å²) in [7, 11) is 0. The van der Waals surface area contributed by atoms with Crippen molar-refractivity contribution in [2.24, 2.45) is 0 Å². The van der Waals surface area contributed by atoms with Gasteiger partial charge in [0.15, 0.2) is 0 Å². The molecule has 154 valence electrons. The van der Waals surface area contributed by atoms with Gasteiger partial charge in [0.1, 0.15) is 23.9 Å². The van der Waals surface area contributed by atoms with Gasteiger partial charge >= 0.3 is 0 Å². The molecule has 1 atom stereocenters. The highest BCUT2D eigenvalue weighted by Crippen LogP contribution is 2.31. The van der Waals surface area contributed by atoms with Crippen LogP contribution >= 0.6 is 11.8 Å². The molecule has 0 bridgehead atoms. The maximum Gasteiger partial charge on any atom is 0.238 e. The summed E-state index contributed by atoms with van der Waals surface area (Å²) in [5.41, 5.74) is 9.24. The largest absolute Gasteiger partial charge is 0.472 e. The summed E-state index contributed by atoms with van der Waals surface area (Å²) in [6, 6.07) is 7.59. The van der Waals surface area contributed by atoms with Crippen LogP contribution in [0.2, 0.25) is 0 Å². The predicted octanol–water partition coefficient (Wildman–Crippen LogP) is 3.77. The van der Waals surface area contributed by atoms with Crippen molar-refractivity contribution in [2.45, 2.75) is 25.9 Å². The van der Waals surface area contributed by atoms with Crippen LogP contribution in [0.1, 0.15) is 18.4 Å². The smallest absolute Gasteiger partial charge is 0.238 e. The molecule has 8 heteroatoms. The monoisotopic (exact) mass is 412 g/mol. The van der Waals surface area contributed by atoms with Crippen LogP contribution in [0.3, 0.4) is 0 Å². The van der Waals surface area contributed by atoms with Crippen molar-refractivity contribution in [3.05, 3.63) is 42.4 Å². The number of nitrogens with two attached hydrogens (primary N) is 1. The van der Waals surface area contributed by atoms with E-state index < -0.39 is 0 Å². The minimum absolute atomic E-state index is 0.128. The summed E-state index contributed by atoms with van der Waals surface area (Å²) in [4.78, 5) is 13.2. The summed E-state index contributed by atoms with van der Waals surface area (Å²) >= 11 is 1.75. The van der Waals surface area contributed by atoms with Gasteiger partial charge in [-0.2, -0.15) is 11.8 Å². The van der Waals surface area contributed by atoms with Crippen LogP contribution in [-0.4, -0.2) is 46.7 Å². The van der Waals surface area contributed by atoms with Gasteiger partial charge in [-0.1, -0.05) is 0 Å². The van der Waals surface area contributed by atoms with Crippen molar-refractivity contribution in [2.75, 3.05) is 36.7 Å². The average molecular weight is 413 g/mol. The molecule has 29 heavy (non-hydrogen) atoms. The van der Waals surface area contributed by atoms with E-state index in [0.29, 0.717) is 17.4 Å². The highest BCUT2D eigenvalue weighted by Gasteiger charge is 2.18. The number of nitrogen functional groups attached to an aromatic ring is 1. The van der Waals surface area contributed by atoms with Gasteiger partial charge in [0, 0.05) is 23.8 Å². The van der Waals surface area contributed by atoms with E-state index in [-0.39, 0.29) is 6.10 Å². The van der Waals surface area contributed by atoms with E-state index in [4.69, 9.17) is 10.5 Å².